The van der Waals surface area contributed by atoms with Crippen LogP contribution < -0.4 is 5.32 Å². The molecule has 0 radical (unpaired) electrons. The number of carbonyl (C=O) groups is 2. The van der Waals surface area contributed by atoms with Gasteiger partial charge < -0.3 is 19.5 Å². The Morgan fingerprint density at radius 1 is 1.18 bits per heavy atom. The van der Waals surface area contributed by atoms with Crippen molar-refractivity contribution in [3.8, 4) is 0 Å². The van der Waals surface area contributed by atoms with E-state index in [4.69, 9.17) is 4.74 Å². The van der Waals surface area contributed by atoms with Crippen LogP contribution in [0.15, 0.2) is 48.1 Å². The van der Waals surface area contributed by atoms with Crippen LogP contribution in [0.3, 0.4) is 0 Å². The van der Waals surface area contributed by atoms with Crippen LogP contribution in [0, 0.1) is 11.7 Å². The van der Waals surface area contributed by atoms with Gasteiger partial charge in [-0.2, -0.15) is 0 Å². The smallest absolute Gasteiger partial charge is 0.274 e. The molecule has 9 heteroatoms. The molecule has 2 aromatic heterocycles. The van der Waals surface area contributed by atoms with Gasteiger partial charge in [-0.15, -0.1) is 11.3 Å². The number of hydrogen-bond donors (Lipinski definition) is 1. The zero-order valence-corrected chi connectivity index (χ0v) is 18.9. The quantitative estimate of drug-likeness (QED) is 0.622. The van der Waals surface area contributed by atoms with E-state index >= 15 is 0 Å². The Balaban J connectivity index is 1.17. The molecular formula is C24H25FN4O3S. The third-order valence-corrected chi connectivity index (χ3v) is 7.22. The fraction of sp³-hybridized carbons (Fsp3) is 0.375. The van der Waals surface area contributed by atoms with E-state index in [2.05, 4.69) is 10.3 Å². The van der Waals surface area contributed by atoms with Crippen molar-refractivity contribution in [2.75, 3.05) is 13.1 Å². The number of halogens is 1. The van der Waals surface area contributed by atoms with Gasteiger partial charge in [0.05, 0.1) is 31.7 Å². The van der Waals surface area contributed by atoms with Gasteiger partial charge >= 0.3 is 0 Å². The summed E-state index contributed by atoms with van der Waals surface area (Å²) in [5, 5.41) is 5.00. The number of hydrogen-bond acceptors (Lipinski definition) is 5. The first-order valence-corrected chi connectivity index (χ1v) is 12.0. The van der Waals surface area contributed by atoms with Crippen molar-refractivity contribution in [1.29, 1.82) is 0 Å². The summed E-state index contributed by atoms with van der Waals surface area (Å²) in [7, 11) is 0. The lowest BCUT2D eigenvalue weighted by Gasteiger charge is -2.31. The fourth-order valence-electron chi connectivity index (χ4n) is 4.41. The average Bonchev–Trinajstić information content (AvgIpc) is 3.52. The van der Waals surface area contributed by atoms with Gasteiger partial charge in [-0.1, -0.05) is 18.2 Å². The molecule has 0 saturated carbocycles. The minimum Gasteiger partial charge on any atom is -0.365 e. The number of carbonyl (C=O) groups excluding carboxylic acids is 2. The molecule has 1 aromatic carbocycles. The third-order valence-electron chi connectivity index (χ3n) is 6.34. The summed E-state index contributed by atoms with van der Waals surface area (Å²) in [6.45, 7) is 2.40. The van der Waals surface area contributed by atoms with Gasteiger partial charge in [0, 0.05) is 23.9 Å². The Morgan fingerprint density at radius 3 is 2.70 bits per heavy atom. The summed E-state index contributed by atoms with van der Waals surface area (Å²) in [4.78, 5) is 32.9. The Labute approximate surface area is 195 Å². The van der Waals surface area contributed by atoms with Crippen LogP contribution in [-0.2, 0) is 29.2 Å². The summed E-state index contributed by atoms with van der Waals surface area (Å²) in [6, 6.07) is 10.2. The molecule has 2 amide bonds. The highest BCUT2D eigenvalue weighted by Gasteiger charge is 2.32. The SMILES string of the molecule is O=C(NCc1cccs1)C1CCN(C(=O)c2ncn3c2CO[C@H](c2ccc(F)cc2)C3)CC1. The molecule has 0 spiro atoms. The van der Waals surface area contributed by atoms with Crippen LogP contribution in [0.25, 0.3) is 0 Å². The number of imidazole rings is 1. The average molecular weight is 469 g/mol. The standard InChI is InChI=1S/C24H25FN4O3S/c25-18-5-3-16(4-6-18)21-13-29-15-27-22(20(29)14-32-21)24(31)28-9-7-17(8-10-28)23(30)26-12-19-2-1-11-33-19/h1-6,11,15,17,21H,7-10,12-14H2,(H,26,30)/t21-/m0/s1. The van der Waals surface area contributed by atoms with E-state index in [0.29, 0.717) is 44.7 Å². The molecule has 0 unspecified atom stereocenters. The molecule has 0 bridgehead atoms. The highest BCUT2D eigenvalue weighted by Crippen LogP contribution is 2.29. The minimum absolute atomic E-state index is 0.0510. The lowest BCUT2D eigenvalue weighted by atomic mass is 9.95. The summed E-state index contributed by atoms with van der Waals surface area (Å²) in [5.74, 6) is -0.431. The number of benzene rings is 1. The number of nitrogens with one attached hydrogen (secondary N) is 1. The Kier molecular flexibility index (Phi) is 6.24. The first-order chi connectivity index (χ1) is 16.1. The first kappa shape index (κ1) is 21.8. The van der Waals surface area contributed by atoms with Gasteiger partial charge in [-0.25, -0.2) is 9.37 Å². The molecule has 0 aliphatic carbocycles. The minimum atomic E-state index is -0.283. The van der Waals surface area contributed by atoms with E-state index in [-0.39, 0.29) is 36.3 Å². The van der Waals surface area contributed by atoms with E-state index in [1.165, 1.54) is 12.1 Å². The predicted molar refractivity (Wildman–Crippen MR) is 121 cm³/mol. The number of piperidine rings is 1. The normalized spacial score (nSPS) is 18.7. The van der Waals surface area contributed by atoms with Crippen molar-refractivity contribution in [2.24, 2.45) is 5.92 Å². The summed E-state index contributed by atoms with van der Waals surface area (Å²) < 4.78 is 21.1. The maximum Gasteiger partial charge on any atom is 0.274 e. The highest BCUT2D eigenvalue weighted by atomic mass is 32.1. The Bertz CT molecular complexity index is 1120. The summed E-state index contributed by atoms with van der Waals surface area (Å²) >= 11 is 1.62. The monoisotopic (exact) mass is 468 g/mol. The lowest BCUT2D eigenvalue weighted by molar-refractivity contribution is -0.126. The van der Waals surface area contributed by atoms with Crippen molar-refractivity contribution < 1.29 is 18.7 Å². The third kappa shape index (κ3) is 4.69. The van der Waals surface area contributed by atoms with E-state index in [1.54, 1.807) is 34.7 Å². The van der Waals surface area contributed by atoms with Gasteiger partial charge in [0.15, 0.2) is 5.69 Å². The molecule has 1 saturated heterocycles. The van der Waals surface area contributed by atoms with Crippen molar-refractivity contribution in [2.45, 2.75) is 38.6 Å². The number of amides is 2. The molecular weight excluding hydrogens is 443 g/mol. The molecule has 3 aromatic rings. The van der Waals surface area contributed by atoms with Gasteiger partial charge in [0.25, 0.3) is 5.91 Å². The van der Waals surface area contributed by atoms with E-state index in [1.807, 2.05) is 22.1 Å². The van der Waals surface area contributed by atoms with Crippen LogP contribution in [0.5, 0.6) is 0 Å². The lowest BCUT2D eigenvalue weighted by Crippen LogP contribution is -2.43. The first-order valence-electron chi connectivity index (χ1n) is 11.1. The summed E-state index contributed by atoms with van der Waals surface area (Å²) in [5.41, 5.74) is 2.06. The van der Waals surface area contributed by atoms with Gasteiger partial charge in [-0.05, 0) is 42.0 Å². The van der Waals surface area contributed by atoms with E-state index in [9.17, 15) is 14.0 Å². The maximum atomic E-state index is 13.2. The molecule has 4 heterocycles. The second-order valence-corrected chi connectivity index (χ2v) is 9.44. The van der Waals surface area contributed by atoms with Crippen molar-refractivity contribution in [3.63, 3.8) is 0 Å². The van der Waals surface area contributed by atoms with Crippen molar-refractivity contribution in [3.05, 3.63) is 75.8 Å². The number of nitrogens with zero attached hydrogens (tertiary/aromatic N) is 3. The second kappa shape index (κ2) is 9.44. The fourth-order valence-corrected chi connectivity index (χ4v) is 5.06. The zero-order valence-electron chi connectivity index (χ0n) is 18.1. The molecule has 5 rings (SSSR count). The van der Waals surface area contributed by atoms with Crippen LogP contribution >= 0.6 is 11.3 Å². The number of fused-ring (bicyclic) bond motifs is 1. The topological polar surface area (TPSA) is 76.5 Å². The predicted octanol–water partition coefficient (Wildman–Crippen LogP) is 3.52. The number of likely N-dealkylation sites (tertiary alicyclic amines) is 1. The van der Waals surface area contributed by atoms with Crippen LogP contribution in [0.4, 0.5) is 4.39 Å². The Morgan fingerprint density at radius 2 is 1.97 bits per heavy atom. The van der Waals surface area contributed by atoms with Gasteiger partial charge in [0.2, 0.25) is 5.91 Å². The maximum absolute atomic E-state index is 13.2. The van der Waals surface area contributed by atoms with Crippen LogP contribution in [0.2, 0.25) is 0 Å². The molecule has 1 atom stereocenters. The number of thiophene rings is 1. The molecule has 7 nitrogen and oxygen atoms in total. The number of aromatic nitrogens is 2. The molecule has 33 heavy (non-hydrogen) atoms. The van der Waals surface area contributed by atoms with Crippen molar-refractivity contribution in [1.82, 2.24) is 19.8 Å². The van der Waals surface area contributed by atoms with Crippen molar-refractivity contribution >= 4 is 23.2 Å². The van der Waals surface area contributed by atoms with E-state index < -0.39 is 0 Å². The Hall–Kier alpha value is -3.04. The summed E-state index contributed by atoms with van der Waals surface area (Å²) in [6.07, 6.45) is 2.74. The van der Waals surface area contributed by atoms with Gasteiger partial charge in [-0.3, -0.25) is 9.59 Å². The van der Waals surface area contributed by atoms with E-state index in [0.717, 1.165) is 16.1 Å². The van der Waals surface area contributed by atoms with Gasteiger partial charge in [0.1, 0.15) is 11.9 Å². The zero-order chi connectivity index (χ0) is 22.8. The second-order valence-electron chi connectivity index (χ2n) is 8.41. The number of rotatable bonds is 5. The molecule has 2 aliphatic heterocycles. The van der Waals surface area contributed by atoms with Crippen LogP contribution in [0.1, 0.15) is 45.6 Å². The largest absolute Gasteiger partial charge is 0.365 e. The molecule has 172 valence electrons. The highest BCUT2D eigenvalue weighted by molar-refractivity contribution is 7.09. The van der Waals surface area contributed by atoms with Crippen LogP contribution in [-0.4, -0.2) is 39.4 Å². The molecule has 2 aliphatic rings. The molecule has 1 N–H and O–H groups in total. The molecule has 1 fully saturated rings. The number of ether oxygens (including phenoxy) is 1.